The molecule has 3 aromatic carbocycles. The molecular weight excluding hydrogens is 369 g/mol. The number of fused-ring (bicyclic) bond motifs is 1. The summed E-state index contributed by atoms with van der Waals surface area (Å²) in [6, 6.07) is 22.1. The van der Waals surface area contributed by atoms with Crippen LogP contribution in [0.4, 0.5) is 10.1 Å². The molecule has 4 rings (SSSR count). The number of anilines is 1. The molecule has 5 nitrogen and oxygen atoms in total. The molecule has 1 aromatic heterocycles. The van der Waals surface area contributed by atoms with E-state index in [1.807, 2.05) is 30.3 Å². The first kappa shape index (κ1) is 18.4. The van der Waals surface area contributed by atoms with Crippen LogP contribution in [-0.2, 0) is 6.54 Å². The first-order valence-electron chi connectivity index (χ1n) is 9.10. The molecule has 1 heterocycles. The number of aromatic amines is 1. The van der Waals surface area contributed by atoms with Gasteiger partial charge < -0.3 is 15.6 Å². The highest BCUT2D eigenvalue weighted by molar-refractivity contribution is 6.05. The third-order valence-electron chi connectivity index (χ3n) is 4.53. The number of aromatic nitrogens is 1. The Labute approximate surface area is 166 Å². The van der Waals surface area contributed by atoms with Gasteiger partial charge >= 0.3 is 0 Å². The van der Waals surface area contributed by atoms with E-state index in [9.17, 15) is 14.0 Å². The molecule has 0 unspecified atom stereocenters. The summed E-state index contributed by atoms with van der Waals surface area (Å²) in [6.07, 6.45) is 0. The molecule has 0 aliphatic heterocycles. The highest BCUT2D eigenvalue weighted by atomic mass is 19.1. The number of halogens is 1. The number of carbonyl (C=O) groups is 2. The van der Waals surface area contributed by atoms with Crippen molar-refractivity contribution in [2.75, 3.05) is 5.32 Å². The zero-order valence-corrected chi connectivity index (χ0v) is 15.4. The summed E-state index contributed by atoms with van der Waals surface area (Å²) in [4.78, 5) is 27.8. The van der Waals surface area contributed by atoms with Crippen LogP contribution in [0.5, 0.6) is 0 Å². The number of carbonyl (C=O) groups excluding carboxylic acids is 2. The standard InChI is InChI=1S/C23H18FN3O2/c24-18-8-6-16(7-9-18)22(28)26-19-10-11-20-17(12-19)13-21(27-20)23(29)25-14-15-4-2-1-3-5-15/h1-13,27H,14H2,(H,25,29)(H,26,28). The van der Waals surface area contributed by atoms with Gasteiger partial charge in [-0.3, -0.25) is 9.59 Å². The van der Waals surface area contributed by atoms with Crippen LogP contribution in [-0.4, -0.2) is 16.8 Å². The van der Waals surface area contributed by atoms with E-state index in [-0.39, 0.29) is 11.8 Å². The quantitative estimate of drug-likeness (QED) is 0.472. The number of amides is 2. The predicted octanol–water partition coefficient (Wildman–Crippen LogP) is 4.49. The molecule has 29 heavy (non-hydrogen) atoms. The average molecular weight is 387 g/mol. The highest BCUT2D eigenvalue weighted by Gasteiger charge is 2.11. The van der Waals surface area contributed by atoms with Crippen LogP contribution in [0.2, 0.25) is 0 Å². The second kappa shape index (κ2) is 7.98. The Balaban J connectivity index is 1.46. The van der Waals surface area contributed by atoms with Gasteiger partial charge in [0.2, 0.25) is 0 Å². The van der Waals surface area contributed by atoms with Crippen molar-refractivity contribution in [2.24, 2.45) is 0 Å². The Morgan fingerprint density at radius 3 is 2.38 bits per heavy atom. The number of benzene rings is 3. The monoisotopic (exact) mass is 387 g/mol. The second-order valence-electron chi connectivity index (χ2n) is 6.61. The van der Waals surface area contributed by atoms with Crippen molar-refractivity contribution in [2.45, 2.75) is 6.54 Å². The lowest BCUT2D eigenvalue weighted by Gasteiger charge is -2.05. The Morgan fingerprint density at radius 2 is 1.62 bits per heavy atom. The lowest BCUT2D eigenvalue weighted by Crippen LogP contribution is -2.22. The molecule has 0 saturated heterocycles. The molecule has 3 N–H and O–H groups in total. The van der Waals surface area contributed by atoms with Gasteiger partial charge in [0.1, 0.15) is 11.5 Å². The van der Waals surface area contributed by atoms with Crippen LogP contribution >= 0.6 is 0 Å². The van der Waals surface area contributed by atoms with Gasteiger partial charge in [0.15, 0.2) is 0 Å². The minimum atomic E-state index is -0.395. The summed E-state index contributed by atoms with van der Waals surface area (Å²) in [5, 5.41) is 6.46. The summed E-state index contributed by atoms with van der Waals surface area (Å²) in [6.45, 7) is 0.439. The molecule has 0 atom stereocenters. The van der Waals surface area contributed by atoms with E-state index >= 15 is 0 Å². The van der Waals surface area contributed by atoms with Crippen molar-refractivity contribution in [3.63, 3.8) is 0 Å². The van der Waals surface area contributed by atoms with E-state index in [2.05, 4.69) is 15.6 Å². The van der Waals surface area contributed by atoms with Gasteiger partial charge in [-0.1, -0.05) is 30.3 Å². The minimum absolute atomic E-state index is 0.207. The predicted molar refractivity (Wildman–Crippen MR) is 110 cm³/mol. The van der Waals surface area contributed by atoms with Gasteiger partial charge in [0.05, 0.1) is 0 Å². The maximum Gasteiger partial charge on any atom is 0.267 e. The lowest BCUT2D eigenvalue weighted by molar-refractivity contribution is 0.0946. The van der Waals surface area contributed by atoms with E-state index in [1.54, 1.807) is 24.3 Å². The molecule has 0 radical (unpaired) electrons. The first-order valence-corrected chi connectivity index (χ1v) is 9.10. The molecule has 0 aliphatic carbocycles. The summed E-state index contributed by atoms with van der Waals surface area (Å²) in [5.74, 6) is -0.934. The molecule has 144 valence electrons. The third kappa shape index (κ3) is 4.32. The summed E-state index contributed by atoms with van der Waals surface area (Å²) in [5.41, 5.74) is 3.19. The Kier molecular flexibility index (Phi) is 5.07. The molecule has 0 fully saturated rings. The zero-order valence-electron chi connectivity index (χ0n) is 15.4. The first-order chi connectivity index (χ1) is 14.1. The maximum absolute atomic E-state index is 13.0. The SMILES string of the molecule is O=C(Nc1ccc2[nH]c(C(=O)NCc3ccccc3)cc2c1)c1ccc(F)cc1. The molecule has 0 spiro atoms. The second-order valence-corrected chi connectivity index (χ2v) is 6.61. The Bertz CT molecular complexity index is 1170. The fourth-order valence-corrected chi connectivity index (χ4v) is 3.01. The van der Waals surface area contributed by atoms with Crippen molar-refractivity contribution in [1.82, 2.24) is 10.3 Å². The van der Waals surface area contributed by atoms with E-state index in [0.717, 1.165) is 16.5 Å². The van der Waals surface area contributed by atoms with E-state index in [4.69, 9.17) is 0 Å². The van der Waals surface area contributed by atoms with Crippen LogP contribution in [0.1, 0.15) is 26.4 Å². The Morgan fingerprint density at radius 1 is 0.862 bits per heavy atom. The van der Waals surface area contributed by atoms with Gasteiger partial charge in [-0.25, -0.2) is 4.39 Å². The fraction of sp³-hybridized carbons (Fsp3) is 0.0435. The number of H-pyrrole nitrogens is 1. The van der Waals surface area contributed by atoms with Gasteiger partial charge in [0.25, 0.3) is 11.8 Å². The molecule has 0 saturated carbocycles. The van der Waals surface area contributed by atoms with Crippen LogP contribution < -0.4 is 10.6 Å². The van der Waals surface area contributed by atoms with E-state index in [0.29, 0.717) is 23.5 Å². The average Bonchev–Trinajstić information content (AvgIpc) is 3.17. The van der Waals surface area contributed by atoms with Gasteiger partial charge in [-0.05, 0) is 54.1 Å². The van der Waals surface area contributed by atoms with Crippen molar-refractivity contribution >= 4 is 28.4 Å². The van der Waals surface area contributed by atoms with Crippen LogP contribution in [0.25, 0.3) is 10.9 Å². The van der Waals surface area contributed by atoms with Gasteiger partial charge in [0, 0.05) is 28.7 Å². The van der Waals surface area contributed by atoms with Crippen LogP contribution in [0.15, 0.2) is 78.9 Å². The van der Waals surface area contributed by atoms with Crippen molar-refractivity contribution in [3.8, 4) is 0 Å². The highest BCUT2D eigenvalue weighted by Crippen LogP contribution is 2.21. The number of nitrogens with one attached hydrogen (secondary N) is 3. The number of hydrogen-bond donors (Lipinski definition) is 3. The minimum Gasteiger partial charge on any atom is -0.351 e. The lowest BCUT2D eigenvalue weighted by atomic mass is 10.2. The normalized spacial score (nSPS) is 10.7. The van der Waals surface area contributed by atoms with Crippen LogP contribution in [0.3, 0.4) is 0 Å². The van der Waals surface area contributed by atoms with Gasteiger partial charge in [-0.15, -0.1) is 0 Å². The number of hydrogen-bond acceptors (Lipinski definition) is 2. The topological polar surface area (TPSA) is 74.0 Å². The number of rotatable bonds is 5. The van der Waals surface area contributed by atoms with Crippen molar-refractivity contribution in [3.05, 3.63) is 102 Å². The largest absolute Gasteiger partial charge is 0.351 e. The summed E-state index contributed by atoms with van der Waals surface area (Å²) < 4.78 is 13.0. The molecule has 0 bridgehead atoms. The molecule has 2 amide bonds. The fourth-order valence-electron chi connectivity index (χ4n) is 3.01. The molecule has 4 aromatic rings. The van der Waals surface area contributed by atoms with Crippen molar-refractivity contribution < 1.29 is 14.0 Å². The maximum atomic E-state index is 13.0. The summed E-state index contributed by atoms with van der Waals surface area (Å²) in [7, 11) is 0. The summed E-state index contributed by atoms with van der Waals surface area (Å²) >= 11 is 0. The van der Waals surface area contributed by atoms with Crippen LogP contribution in [0, 0.1) is 5.82 Å². The molecule has 0 aliphatic rings. The Hall–Kier alpha value is -3.93. The van der Waals surface area contributed by atoms with E-state index < -0.39 is 5.82 Å². The molecular formula is C23H18FN3O2. The molecule has 6 heteroatoms. The third-order valence-corrected chi connectivity index (χ3v) is 4.53. The van der Waals surface area contributed by atoms with E-state index in [1.165, 1.54) is 24.3 Å². The van der Waals surface area contributed by atoms with Crippen molar-refractivity contribution in [1.29, 1.82) is 0 Å². The smallest absolute Gasteiger partial charge is 0.267 e. The zero-order chi connectivity index (χ0) is 20.2. The van der Waals surface area contributed by atoms with Gasteiger partial charge in [-0.2, -0.15) is 0 Å².